The minimum absolute atomic E-state index is 0.0881. The van der Waals surface area contributed by atoms with Crippen LogP contribution in [-0.4, -0.2) is 93.2 Å². The molecule has 4 rings (SSSR count). The Balaban J connectivity index is 1.62. The van der Waals surface area contributed by atoms with Gasteiger partial charge >= 0.3 is 6.18 Å². The minimum Gasteiger partial charge on any atom is -0.387 e. The molecule has 270 valence electrons. The lowest BCUT2D eigenvalue weighted by Gasteiger charge is -2.36. The van der Waals surface area contributed by atoms with Crippen molar-refractivity contribution in [2.24, 2.45) is 10.6 Å². The monoisotopic (exact) mass is 713 g/mol. The number of aliphatic hydroxyl groups is 1. The zero-order valence-electron chi connectivity index (χ0n) is 28.1. The summed E-state index contributed by atoms with van der Waals surface area (Å²) in [7, 11) is 0. The molecule has 12 nitrogen and oxygen atoms in total. The first-order chi connectivity index (χ1) is 22.7. The standard InChI is InChI=1S/C33H43ClF3N5O7/c1-6-8-21(25(44)28(46)38-20-11-12-20)39-27(45)23-15-32(14-22(41-49-32)18-9-7-10-19(34)13-18)17-42(23)29(47)26(30(2,3)4)40-24(43)16-31(5,48)33(35,36)37/h7,9-10,13,20-21,23,26,48H,6,8,11-12,14-17H2,1-5H3,(H,38,46)(H,39,45)(H,40,43)/t21-,23-,26+,31?,32+/m0/s1. The van der Waals surface area contributed by atoms with Gasteiger partial charge in [-0.1, -0.05) is 63.0 Å². The van der Waals surface area contributed by atoms with Crippen LogP contribution in [0.25, 0.3) is 0 Å². The maximum Gasteiger partial charge on any atom is 0.417 e. The maximum atomic E-state index is 14.3. The first-order valence-electron chi connectivity index (χ1n) is 16.2. The molecule has 1 aliphatic carbocycles. The largest absolute Gasteiger partial charge is 0.417 e. The molecule has 0 aromatic heterocycles. The van der Waals surface area contributed by atoms with E-state index in [1.165, 1.54) is 4.90 Å². The molecular formula is C33H43ClF3N5O7. The number of likely N-dealkylation sites (tertiary alicyclic amines) is 1. The molecule has 0 radical (unpaired) electrons. The molecule has 2 fully saturated rings. The van der Waals surface area contributed by atoms with Crippen LogP contribution in [0.4, 0.5) is 13.2 Å². The van der Waals surface area contributed by atoms with Crippen LogP contribution < -0.4 is 16.0 Å². The summed E-state index contributed by atoms with van der Waals surface area (Å²) < 4.78 is 40.1. The number of Topliss-reactive ketones (excluding diaryl/α,β-unsaturated/α-hetero) is 1. The summed E-state index contributed by atoms with van der Waals surface area (Å²) in [4.78, 5) is 73.9. The Labute approximate surface area is 287 Å². The molecule has 1 spiro atoms. The molecule has 1 saturated heterocycles. The van der Waals surface area contributed by atoms with Crippen molar-refractivity contribution in [3.63, 3.8) is 0 Å². The van der Waals surface area contributed by atoms with E-state index in [1.807, 2.05) is 0 Å². The van der Waals surface area contributed by atoms with Crippen molar-refractivity contribution < 1.29 is 47.1 Å². The molecule has 1 aromatic carbocycles. The fourth-order valence-electron chi connectivity index (χ4n) is 5.86. The molecular weight excluding hydrogens is 671 g/mol. The number of rotatable bonds is 12. The molecule has 1 unspecified atom stereocenters. The second-order valence-corrected chi connectivity index (χ2v) is 14.9. The highest BCUT2D eigenvalue weighted by Crippen LogP contribution is 2.40. The van der Waals surface area contributed by atoms with Crippen molar-refractivity contribution in [1.82, 2.24) is 20.9 Å². The quantitative estimate of drug-likeness (QED) is 0.242. The van der Waals surface area contributed by atoms with E-state index in [2.05, 4.69) is 21.1 Å². The topological polar surface area (TPSA) is 166 Å². The van der Waals surface area contributed by atoms with Gasteiger partial charge in [0.25, 0.3) is 5.91 Å². The molecule has 4 N–H and O–H groups in total. The Morgan fingerprint density at radius 1 is 1.12 bits per heavy atom. The van der Waals surface area contributed by atoms with Gasteiger partial charge in [-0.2, -0.15) is 13.2 Å². The fraction of sp³-hybridized carbons (Fsp3) is 0.636. The van der Waals surface area contributed by atoms with Crippen molar-refractivity contribution in [1.29, 1.82) is 0 Å². The number of carbonyl (C=O) groups excluding carboxylic acids is 5. The highest BCUT2D eigenvalue weighted by Gasteiger charge is 2.56. The van der Waals surface area contributed by atoms with Gasteiger partial charge in [0, 0.05) is 29.5 Å². The number of alkyl halides is 3. The van der Waals surface area contributed by atoms with Crippen LogP contribution in [0.15, 0.2) is 29.4 Å². The molecule has 0 bridgehead atoms. The zero-order valence-corrected chi connectivity index (χ0v) is 28.8. The van der Waals surface area contributed by atoms with E-state index >= 15 is 0 Å². The van der Waals surface area contributed by atoms with Crippen LogP contribution in [0.3, 0.4) is 0 Å². The first kappa shape index (κ1) is 38.1. The summed E-state index contributed by atoms with van der Waals surface area (Å²) in [6.07, 6.45) is -4.31. The van der Waals surface area contributed by atoms with E-state index in [1.54, 1.807) is 52.0 Å². The van der Waals surface area contributed by atoms with E-state index in [0.29, 0.717) is 29.6 Å². The number of hydrogen-bond donors (Lipinski definition) is 4. The number of carbonyl (C=O) groups is 5. The van der Waals surface area contributed by atoms with Crippen LogP contribution in [0.5, 0.6) is 0 Å². The van der Waals surface area contributed by atoms with E-state index in [4.69, 9.17) is 16.4 Å². The van der Waals surface area contributed by atoms with Gasteiger partial charge in [0.15, 0.2) is 11.2 Å². The summed E-state index contributed by atoms with van der Waals surface area (Å²) in [6.45, 7) is 6.78. The highest BCUT2D eigenvalue weighted by molar-refractivity contribution is 6.38. The Morgan fingerprint density at radius 3 is 2.37 bits per heavy atom. The Bertz CT molecular complexity index is 1510. The summed E-state index contributed by atoms with van der Waals surface area (Å²) in [5.74, 6) is -4.43. The van der Waals surface area contributed by atoms with Crippen LogP contribution in [-0.2, 0) is 28.8 Å². The molecule has 49 heavy (non-hydrogen) atoms. The number of nitrogens with one attached hydrogen (secondary N) is 3. The van der Waals surface area contributed by atoms with Gasteiger partial charge in [0.1, 0.15) is 12.1 Å². The normalized spacial score (nSPS) is 23.2. The molecule has 2 aliphatic heterocycles. The predicted octanol–water partition coefficient (Wildman–Crippen LogP) is 3.17. The second kappa shape index (κ2) is 14.3. The van der Waals surface area contributed by atoms with Crippen LogP contribution in [0.2, 0.25) is 5.02 Å². The second-order valence-electron chi connectivity index (χ2n) is 14.5. The molecule has 3 aliphatic rings. The first-order valence-corrected chi connectivity index (χ1v) is 16.6. The van der Waals surface area contributed by atoms with Crippen LogP contribution in [0, 0.1) is 5.41 Å². The number of hydrogen-bond acceptors (Lipinski definition) is 8. The zero-order chi connectivity index (χ0) is 36.5. The van der Waals surface area contributed by atoms with Gasteiger partial charge in [0.2, 0.25) is 23.5 Å². The maximum absolute atomic E-state index is 14.3. The third-order valence-electron chi connectivity index (χ3n) is 8.86. The average molecular weight is 714 g/mol. The van der Waals surface area contributed by atoms with Gasteiger partial charge in [-0.3, -0.25) is 24.0 Å². The lowest BCUT2D eigenvalue weighted by atomic mass is 9.85. The number of nitrogens with zero attached hydrogens (tertiary/aromatic N) is 2. The van der Waals surface area contributed by atoms with E-state index in [-0.39, 0.29) is 31.8 Å². The summed E-state index contributed by atoms with van der Waals surface area (Å²) in [5, 5.41) is 22.2. The van der Waals surface area contributed by atoms with E-state index in [0.717, 1.165) is 12.8 Å². The van der Waals surface area contributed by atoms with Crippen LogP contribution in [0.1, 0.15) is 85.1 Å². The Hall–Kier alpha value is -3.72. The number of oxime groups is 1. The molecule has 4 amide bonds. The molecule has 16 heteroatoms. The van der Waals surface area contributed by atoms with Crippen molar-refractivity contribution >= 4 is 46.7 Å². The lowest BCUT2D eigenvalue weighted by molar-refractivity contribution is -0.253. The number of benzene rings is 1. The van der Waals surface area contributed by atoms with Crippen molar-refractivity contribution in [2.75, 3.05) is 6.54 Å². The number of amides is 4. The van der Waals surface area contributed by atoms with Crippen LogP contribution >= 0.6 is 11.6 Å². The summed E-state index contributed by atoms with van der Waals surface area (Å²) in [5.41, 5.74) is -4.49. The van der Waals surface area contributed by atoms with Crippen molar-refractivity contribution in [2.45, 2.75) is 121 Å². The molecule has 1 saturated carbocycles. The van der Waals surface area contributed by atoms with Gasteiger partial charge in [-0.15, -0.1) is 0 Å². The average Bonchev–Trinajstić information content (AvgIpc) is 3.58. The highest BCUT2D eigenvalue weighted by atomic mass is 35.5. The fourth-order valence-corrected chi connectivity index (χ4v) is 6.05. The third kappa shape index (κ3) is 9.10. The van der Waals surface area contributed by atoms with Gasteiger partial charge in [-0.25, -0.2) is 0 Å². The number of ketones is 1. The molecule has 5 atom stereocenters. The van der Waals surface area contributed by atoms with Gasteiger partial charge in [0.05, 0.1) is 24.7 Å². The van der Waals surface area contributed by atoms with E-state index in [9.17, 15) is 42.3 Å². The van der Waals surface area contributed by atoms with Crippen molar-refractivity contribution in [3.8, 4) is 0 Å². The molecule has 2 heterocycles. The molecule has 1 aromatic rings. The Kier molecular flexibility index (Phi) is 11.1. The van der Waals surface area contributed by atoms with E-state index < -0.39 is 76.8 Å². The predicted molar refractivity (Wildman–Crippen MR) is 172 cm³/mol. The number of halogens is 4. The Morgan fingerprint density at radius 2 is 1.80 bits per heavy atom. The van der Waals surface area contributed by atoms with Gasteiger partial charge in [-0.05, 0) is 43.7 Å². The summed E-state index contributed by atoms with van der Waals surface area (Å²) in [6, 6.07) is 2.86. The minimum atomic E-state index is -5.11. The SMILES string of the molecule is CCC[C@H](NC(=O)[C@@H]1C[C@]2(CC(c3cccc(Cl)c3)=NO2)CN1C(=O)[C@@H](NC(=O)CC(C)(O)C(F)(F)F)C(C)(C)C)C(=O)C(=O)NC1CC1. The smallest absolute Gasteiger partial charge is 0.387 e. The third-order valence-corrected chi connectivity index (χ3v) is 9.10. The van der Waals surface area contributed by atoms with Gasteiger partial charge < -0.3 is 30.8 Å². The van der Waals surface area contributed by atoms with Crippen molar-refractivity contribution in [3.05, 3.63) is 34.9 Å². The summed E-state index contributed by atoms with van der Waals surface area (Å²) >= 11 is 6.17. The lowest BCUT2D eigenvalue weighted by Crippen LogP contribution is -2.59.